The van der Waals surface area contributed by atoms with E-state index in [4.69, 9.17) is 0 Å². The average molecular weight is 469 g/mol. The first-order valence-corrected chi connectivity index (χ1v) is 10.8. The van der Waals surface area contributed by atoms with Crippen molar-refractivity contribution in [3.05, 3.63) is 88.4 Å². The summed E-state index contributed by atoms with van der Waals surface area (Å²) in [6.07, 6.45) is 0. The molecule has 3 rings (SSSR count). The molecule has 29 heavy (non-hydrogen) atoms. The van der Waals surface area contributed by atoms with Gasteiger partial charge in [-0.25, -0.2) is 0 Å². The molecule has 0 aliphatic heterocycles. The molecule has 6 heteroatoms. The van der Waals surface area contributed by atoms with Gasteiger partial charge in [-0.2, -0.15) is 0 Å². The summed E-state index contributed by atoms with van der Waals surface area (Å²) in [4.78, 5) is 25.8. The van der Waals surface area contributed by atoms with Gasteiger partial charge in [0.25, 0.3) is 5.91 Å². The van der Waals surface area contributed by atoms with Crippen molar-refractivity contribution >= 4 is 50.9 Å². The maximum absolute atomic E-state index is 12.5. The number of hydrogen-bond donors (Lipinski definition) is 2. The van der Waals surface area contributed by atoms with E-state index in [2.05, 4.69) is 26.6 Å². The summed E-state index contributed by atoms with van der Waals surface area (Å²) >= 11 is 4.82. The van der Waals surface area contributed by atoms with E-state index in [9.17, 15) is 9.59 Å². The Kier molecular flexibility index (Phi) is 7.12. The van der Waals surface area contributed by atoms with Crippen LogP contribution in [0.2, 0.25) is 0 Å². The van der Waals surface area contributed by atoms with Crippen molar-refractivity contribution in [3.63, 3.8) is 0 Å². The summed E-state index contributed by atoms with van der Waals surface area (Å²) < 4.78 is 0.961. The minimum Gasteiger partial charge on any atom is -0.325 e. The number of rotatable bonds is 6. The molecule has 3 aromatic rings. The minimum atomic E-state index is -0.290. The molecule has 148 valence electrons. The molecule has 2 amide bonds. The van der Waals surface area contributed by atoms with Gasteiger partial charge in [-0.3, -0.25) is 9.59 Å². The van der Waals surface area contributed by atoms with Crippen molar-refractivity contribution in [3.8, 4) is 0 Å². The topological polar surface area (TPSA) is 58.2 Å². The van der Waals surface area contributed by atoms with Gasteiger partial charge in [0.2, 0.25) is 5.91 Å². The Bertz CT molecular complexity index is 1000. The fraction of sp³-hybridized carbons (Fsp3) is 0.130. The summed E-state index contributed by atoms with van der Waals surface area (Å²) in [5.74, 6) is -0.236. The molecular formula is C23H21BrN2O2S. The summed E-state index contributed by atoms with van der Waals surface area (Å²) in [6.45, 7) is 3.84. The highest BCUT2D eigenvalue weighted by molar-refractivity contribution is 9.10. The first kappa shape index (κ1) is 21.1. The lowest BCUT2D eigenvalue weighted by atomic mass is 10.1. The van der Waals surface area contributed by atoms with E-state index in [0.717, 1.165) is 20.6 Å². The molecule has 1 atom stereocenters. The van der Waals surface area contributed by atoms with Gasteiger partial charge in [0, 0.05) is 26.3 Å². The highest BCUT2D eigenvalue weighted by Crippen LogP contribution is 2.27. The highest BCUT2D eigenvalue weighted by atomic mass is 79.9. The Morgan fingerprint density at radius 2 is 1.59 bits per heavy atom. The Morgan fingerprint density at radius 3 is 2.28 bits per heavy atom. The monoisotopic (exact) mass is 468 g/mol. The molecule has 0 aliphatic rings. The van der Waals surface area contributed by atoms with Gasteiger partial charge < -0.3 is 10.6 Å². The van der Waals surface area contributed by atoms with Crippen LogP contribution in [0.3, 0.4) is 0 Å². The van der Waals surface area contributed by atoms with E-state index in [1.165, 1.54) is 11.8 Å². The first-order valence-electron chi connectivity index (χ1n) is 9.12. The fourth-order valence-electron chi connectivity index (χ4n) is 2.59. The maximum Gasteiger partial charge on any atom is 0.255 e. The van der Waals surface area contributed by atoms with E-state index in [0.29, 0.717) is 11.3 Å². The number of halogens is 1. The second kappa shape index (κ2) is 9.76. The first-order chi connectivity index (χ1) is 13.9. The van der Waals surface area contributed by atoms with Gasteiger partial charge in [-0.05, 0) is 68.4 Å². The Labute approximate surface area is 183 Å². The van der Waals surface area contributed by atoms with E-state index >= 15 is 0 Å². The van der Waals surface area contributed by atoms with Gasteiger partial charge >= 0.3 is 0 Å². The molecule has 2 N–H and O–H groups in total. The van der Waals surface area contributed by atoms with Gasteiger partial charge in [0.05, 0.1) is 5.25 Å². The van der Waals surface area contributed by atoms with Crippen LogP contribution in [-0.2, 0) is 4.79 Å². The summed E-state index contributed by atoms with van der Waals surface area (Å²) in [7, 11) is 0. The Balaban J connectivity index is 1.61. The van der Waals surface area contributed by atoms with Crippen molar-refractivity contribution in [1.82, 2.24) is 0 Å². The van der Waals surface area contributed by atoms with E-state index in [1.807, 2.05) is 74.5 Å². The van der Waals surface area contributed by atoms with Crippen LogP contribution in [0, 0.1) is 6.92 Å². The zero-order chi connectivity index (χ0) is 20.8. The zero-order valence-corrected chi connectivity index (χ0v) is 18.5. The standard InChI is InChI=1S/C23H21BrN2O2S/c1-15-6-8-17(9-7-15)23(28)26-20-4-3-5-21(14-20)29-16(2)22(27)25-19-12-10-18(24)11-13-19/h3-14,16H,1-2H3,(H,25,27)(H,26,28). The number of benzene rings is 3. The number of carbonyl (C=O) groups excluding carboxylic acids is 2. The molecule has 0 radical (unpaired) electrons. The second-order valence-electron chi connectivity index (χ2n) is 6.60. The smallest absolute Gasteiger partial charge is 0.255 e. The van der Waals surface area contributed by atoms with Crippen molar-refractivity contribution in [2.24, 2.45) is 0 Å². The van der Waals surface area contributed by atoms with Gasteiger partial charge in [-0.15, -0.1) is 11.8 Å². The van der Waals surface area contributed by atoms with Crippen molar-refractivity contribution in [1.29, 1.82) is 0 Å². The normalized spacial score (nSPS) is 11.6. The number of amides is 2. The number of hydrogen-bond acceptors (Lipinski definition) is 3. The van der Waals surface area contributed by atoms with Crippen LogP contribution in [-0.4, -0.2) is 17.1 Å². The average Bonchev–Trinajstić information content (AvgIpc) is 2.70. The fourth-order valence-corrected chi connectivity index (χ4v) is 3.78. The molecule has 0 saturated heterocycles. The number of aryl methyl sites for hydroxylation is 1. The number of carbonyl (C=O) groups is 2. The SMILES string of the molecule is Cc1ccc(C(=O)Nc2cccc(SC(C)C(=O)Nc3ccc(Br)cc3)c2)cc1. The van der Waals surface area contributed by atoms with Crippen LogP contribution < -0.4 is 10.6 Å². The molecule has 0 aliphatic carbocycles. The zero-order valence-electron chi connectivity index (χ0n) is 16.1. The molecular weight excluding hydrogens is 448 g/mol. The number of anilines is 2. The molecule has 4 nitrogen and oxygen atoms in total. The molecule has 0 spiro atoms. The highest BCUT2D eigenvalue weighted by Gasteiger charge is 2.15. The molecule has 0 saturated carbocycles. The maximum atomic E-state index is 12.5. The lowest BCUT2D eigenvalue weighted by molar-refractivity contribution is -0.115. The van der Waals surface area contributed by atoms with E-state index in [-0.39, 0.29) is 17.1 Å². The molecule has 0 aromatic heterocycles. The van der Waals surface area contributed by atoms with Crippen LogP contribution in [0.5, 0.6) is 0 Å². The van der Waals surface area contributed by atoms with Crippen molar-refractivity contribution in [2.45, 2.75) is 24.0 Å². The molecule has 3 aromatic carbocycles. The molecule has 0 fully saturated rings. The van der Waals surface area contributed by atoms with Gasteiger partial charge in [0.15, 0.2) is 0 Å². The quantitative estimate of drug-likeness (QED) is 0.427. The third kappa shape index (κ3) is 6.21. The Morgan fingerprint density at radius 1 is 0.897 bits per heavy atom. The van der Waals surface area contributed by atoms with Crippen LogP contribution in [0.4, 0.5) is 11.4 Å². The van der Waals surface area contributed by atoms with Crippen molar-refractivity contribution in [2.75, 3.05) is 10.6 Å². The molecule has 1 unspecified atom stereocenters. The van der Waals surface area contributed by atoms with Crippen LogP contribution in [0.15, 0.2) is 82.2 Å². The third-order valence-corrected chi connectivity index (χ3v) is 5.82. The van der Waals surface area contributed by atoms with Gasteiger partial charge in [-0.1, -0.05) is 39.7 Å². The number of nitrogens with one attached hydrogen (secondary N) is 2. The number of thioether (sulfide) groups is 1. The summed E-state index contributed by atoms with van der Waals surface area (Å²) in [6, 6.07) is 22.4. The van der Waals surface area contributed by atoms with E-state index in [1.54, 1.807) is 12.1 Å². The molecule has 0 heterocycles. The van der Waals surface area contributed by atoms with Crippen LogP contribution >= 0.6 is 27.7 Å². The predicted octanol–water partition coefficient (Wildman–Crippen LogP) is 6.13. The van der Waals surface area contributed by atoms with E-state index < -0.39 is 0 Å². The summed E-state index contributed by atoms with van der Waals surface area (Å²) in [5, 5.41) is 5.53. The van der Waals surface area contributed by atoms with Crippen LogP contribution in [0.1, 0.15) is 22.8 Å². The second-order valence-corrected chi connectivity index (χ2v) is 8.93. The lowest BCUT2D eigenvalue weighted by Gasteiger charge is -2.13. The largest absolute Gasteiger partial charge is 0.325 e. The van der Waals surface area contributed by atoms with Crippen molar-refractivity contribution < 1.29 is 9.59 Å². The van der Waals surface area contributed by atoms with Crippen LogP contribution in [0.25, 0.3) is 0 Å². The lowest BCUT2D eigenvalue weighted by Crippen LogP contribution is -2.22. The van der Waals surface area contributed by atoms with Gasteiger partial charge in [0.1, 0.15) is 0 Å². The minimum absolute atomic E-state index is 0.0774. The predicted molar refractivity (Wildman–Crippen MR) is 124 cm³/mol. The third-order valence-electron chi connectivity index (χ3n) is 4.20. The summed E-state index contributed by atoms with van der Waals surface area (Å²) in [5.41, 5.74) is 3.16. The molecule has 0 bridgehead atoms. The Hall–Kier alpha value is -2.57.